The topological polar surface area (TPSA) is 34.1 Å². The van der Waals surface area contributed by atoms with Crippen LogP contribution < -0.4 is 10.1 Å². The number of rotatable bonds is 6. The molecular formula is C13H22N2O. The highest BCUT2D eigenvalue weighted by Gasteiger charge is 2.07. The highest BCUT2D eigenvalue weighted by Crippen LogP contribution is 2.18. The highest BCUT2D eigenvalue weighted by molar-refractivity contribution is 5.29. The Kier molecular flexibility index (Phi) is 5.26. The zero-order valence-electron chi connectivity index (χ0n) is 10.7. The fourth-order valence-corrected chi connectivity index (χ4v) is 1.28. The summed E-state index contributed by atoms with van der Waals surface area (Å²) in [5.74, 6) is 0.894. The predicted molar refractivity (Wildman–Crippen MR) is 66.6 cm³/mol. The summed E-state index contributed by atoms with van der Waals surface area (Å²) in [4.78, 5) is 4.11. The van der Waals surface area contributed by atoms with E-state index in [0.29, 0.717) is 6.04 Å². The van der Waals surface area contributed by atoms with E-state index >= 15 is 0 Å². The lowest BCUT2D eigenvalue weighted by Gasteiger charge is -2.16. The van der Waals surface area contributed by atoms with Crippen molar-refractivity contribution in [1.82, 2.24) is 10.3 Å². The molecule has 3 heteroatoms. The largest absolute Gasteiger partial charge is 0.489 e. The van der Waals surface area contributed by atoms with Crippen LogP contribution in [0.1, 0.15) is 39.7 Å². The maximum Gasteiger partial charge on any atom is 0.142 e. The number of hydrogen-bond donors (Lipinski definition) is 1. The van der Waals surface area contributed by atoms with Crippen molar-refractivity contribution >= 4 is 0 Å². The van der Waals surface area contributed by atoms with Gasteiger partial charge in [-0.1, -0.05) is 20.8 Å². The fraction of sp³-hybridized carbons (Fsp3) is 0.615. The molecule has 0 saturated heterocycles. The Morgan fingerprint density at radius 3 is 2.75 bits per heavy atom. The van der Waals surface area contributed by atoms with E-state index in [-0.39, 0.29) is 6.10 Å². The average Bonchev–Trinajstić information content (AvgIpc) is 2.27. The Morgan fingerprint density at radius 1 is 1.38 bits per heavy atom. The lowest BCUT2D eigenvalue weighted by molar-refractivity contribution is 0.214. The van der Waals surface area contributed by atoms with Gasteiger partial charge in [-0.2, -0.15) is 0 Å². The summed E-state index contributed by atoms with van der Waals surface area (Å²) in [6.07, 6.45) is 4.85. The van der Waals surface area contributed by atoms with E-state index < -0.39 is 0 Å². The molecule has 0 aliphatic carbocycles. The quantitative estimate of drug-likeness (QED) is 0.803. The highest BCUT2D eigenvalue weighted by atomic mass is 16.5. The third-order valence-corrected chi connectivity index (χ3v) is 2.47. The summed E-state index contributed by atoms with van der Waals surface area (Å²) in [5, 5.41) is 3.39. The molecule has 1 unspecified atom stereocenters. The molecule has 1 rings (SSSR count). The van der Waals surface area contributed by atoms with Crippen LogP contribution in [0.25, 0.3) is 0 Å². The van der Waals surface area contributed by atoms with Gasteiger partial charge in [-0.15, -0.1) is 0 Å². The number of nitrogens with zero attached hydrogens (tertiary/aromatic N) is 1. The molecule has 0 saturated carbocycles. The van der Waals surface area contributed by atoms with Gasteiger partial charge in [-0.3, -0.25) is 4.98 Å². The lowest BCUT2D eigenvalue weighted by atomic mass is 10.2. The van der Waals surface area contributed by atoms with Crippen LogP contribution in [0.15, 0.2) is 18.5 Å². The fourth-order valence-electron chi connectivity index (χ4n) is 1.28. The van der Waals surface area contributed by atoms with Gasteiger partial charge < -0.3 is 10.1 Å². The minimum atomic E-state index is 0.238. The zero-order valence-corrected chi connectivity index (χ0v) is 10.7. The van der Waals surface area contributed by atoms with Gasteiger partial charge in [0.1, 0.15) is 5.75 Å². The second kappa shape index (κ2) is 6.48. The van der Waals surface area contributed by atoms with Crippen LogP contribution in [0.5, 0.6) is 5.75 Å². The Labute approximate surface area is 98.2 Å². The molecule has 0 aliphatic heterocycles. The van der Waals surface area contributed by atoms with E-state index in [1.165, 1.54) is 5.56 Å². The van der Waals surface area contributed by atoms with Crippen LogP contribution in [0, 0.1) is 0 Å². The van der Waals surface area contributed by atoms with Crippen molar-refractivity contribution in [3.05, 3.63) is 24.0 Å². The van der Waals surface area contributed by atoms with E-state index in [1.54, 1.807) is 12.4 Å². The van der Waals surface area contributed by atoms with Crippen molar-refractivity contribution in [3.63, 3.8) is 0 Å². The number of nitrogens with one attached hydrogen (secondary N) is 1. The van der Waals surface area contributed by atoms with E-state index in [0.717, 1.165) is 18.7 Å². The molecule has 0 bridgehead atoms. The van der Waals surface area contributed by atoms with Gasteiger partial charge in [0.25, 0.3) is 0 Å². The van der Waals surface area contributed by atoms with Crippen molar-refractivity contribution in [2.45, 2.75) is 52.8 Å². The molecule has 3 nitrogen and oxygen atoms in total. The minimum absolute atomic E-state index is 0.238. The Hall–Kier alpha value is -1.09. The Morgan fingerprint density at radius 2 is 2.12 bits per heavy atom. The van der Waals surface area contributed by atoms with E-state index in [2.05, 4.69) is 38.0 Å². The third-order valence-electron chi connectivity index (χ3n) is 2.47. The molecule has 1 aromatic heterocycles. The number of ether oxygens (including phenoxy) is 1. The summed E-state index contributed by atoms with van der Waals surface area (Å²) in [6.45, 7) is 9.29. The molecule has 1 N–H and O–H groups in total. The summed E-state index contributed by atoms with van der Waals surface area (Å²) in [6, 6.07) is 2.48. The van der Waals surface area contributed by atoms with Gasteiger partial charge in [0.05, 0.1) is 12.3 Å². The molecule has 0 amide bonds. The summed E-state index contributed by atoms with van der Waals surface area (Å²) in [5.41, 5.74) is 1.17. The van der Waals surface area contributed by atoms with Crippen molar-refractivity contribution in [1.29, 1.82) is 0 Å². The Bertz CT molecular complexity index is 313. The second-order valence-corrected chi connectivity index (χ2v) is 4.36. The average molecular weight is 222 g/mol. The molecule has 1 heterocycles. The molecule has 1 aromatic rings. The molecule has 0 fully saturated rings. The van der Waals surface area contributed by atoms with E-state index in [4.69, 9.17) is 4.74 Å². The first-order chi connectivity index (χ1) is 7.63. The number of aromatic nitrogens is 1. The van der Waals surface area contributed by atoms with Crippen LogP contribution in [-0.4, -0.2) is 17.1 Å². The summed E-state index contributed by atoms with van der Waals surface area (Å²) in [7, 11) is 0. The minimum Gasteiger partial charge on any atom is -0.489 e. The summed E-state index contributed by atoms with van der Waals surface area (Å²) >= 11 is 0. The van der Waals surface area contributed by atoms with E-state index in [1.807, 2.05) is 6.07 Å². The van der Waals surface area contributed by atoms with Crippen molar-refractivity contribution in [3.8, 4) is 5.75 Å². The SMILES string of the molecule is CCC(C)Oc1cnccc1CNC(C)C. The first kappa shape index (κ1) is 13.0. The van der Waals surface area contributed by atoms with Crippen LogP contribution in [0.2, 0.25) is 0 Å². The number of hydrogen-bond acceptors (Lipinski definition) is 3. The molecule has 0 spiro atoms. The summed E-state index contributed by atoms with van der Waals surface area (Å²) < 4.78 is 5.82. The normalized spacial score (nSPS) is 12.8. The van der Waals surface area contributed by atoms with Gasteiger partial charge in [0.15, 0.2) is 0 Å². The van der Waals surface area contributed by atoms with Crippen LogP contribution in [0.4, 0.5) is 0 Å². The van der Waals surface area contributed by atoms with Crippen molar-refractivity contribution in [2.75, 3.05) is 0 Å². The van der Waals surface area contributed by atoms with Gasteiger partial charge in [0, 0.05) is 24.3 Å². The van der Waals surface area contributed by atoms with Crippen molar-refractivity contribution < 1.29 is 4.74 Å². The van der Waals surface area contributed by atoms with Gasteiger partial charge in [-0.25, -0.2) is 0 Å². The molecule has 0 aliphatic rings. The molecule has 1 atom stereocenters. The van der Waals surface area contributed by atoms with Crippen LogP contribution in [0.3, 0.4) is 0 Å². The Balaban J connectivity index is 2.67. The van der Waals surface area contributed by atoms with Gasteiger partial charge >= 0.3 is 0 Å². The standard InChI is InChI=1S/C13H22N2O/c1-5-11(4)16-13-9-14-7-6-12(13)8-15-10(2)3/h6-7,9-11,15H,5,8H2,1-4H3. The third kappa shape index (κ3) is 4.19. The molecule has 0 aromatic carbocycles. The van der Waals surface area contributed by atoms with Gasteiger partial charge in [-0.05, 0) is 19.4 Å². The van der Waals surface area contributed by atoms with Crippen molar-refractivity contribution in [2.24, 2.45) is 0 Å². The first-order valence-electron chi connectivity index (χ1n) is 5.96. The number of pyridine rings is 1. The van der Waals surface area contributed by atoms with Gasteiger partial charge in [0.2, 0.25) is 0 Å². The van der Waals surface area contributed by atoms with Crippen LogP contribution in [-0.2, 0) is 6.54 Å². The first-order valence-corrected chi connectivity index (χ1v) is 5.96. The van der Waals surface area contributed by atoms with E-state index in [9.17, 15) is 0 Å². The second-order valence-electron chi connectivity index (χ2n) is 4.36. The molecule has 0 radical (unpaired) electrons. The monoisotopic (exact) mass is 222 g/mol. The molecule has 90 valence electrons. The predicted octanol–water partition coefficient (Wildman–Crippen LogP) is 2.76. The molecule has 16 heavy (non-hydrogen) atoms. The maximum absolute atomic E-state index is 5.82. The van der Waals surface area contributed by atoms with Crippen LogP contribution >= 0.6 is 0 Å². The zero-order chi connectivity index (χ0) is 12.0. The lowest BCUT2D eigenvalue weighted by Crippen LogP contribution is -2.22. The molecular weight excluding hydrogens is 200 g/mol. The maximum atomic E-state index is 5.82. The smallest absolute Gasteiger partial charge is 0.142 e.